The van der Waals surface area contributed by atoms with Crippen molar-refractivity contribution in [3.8, 4) is 0 Å². The molecule has 10 heteroatoms. The number of hydrogen-bond donors (Lipinski definition) is 6. The molecule has 0 fully saturated rings. The average Bonchev–Trinajstić information content (AvgIpc) is 3.37. The van der Waals surface area contributed by atoms with Crippen LogP contribution in [-0.2, 0) is 9.59 Å². The van der Waals surface area contributed by atoms with Gasteiger partial charge in [0.15, 0.2) is 0 Å². The lowest BCUT2D eigenvalue weighted by molar-refractivity contribution is -0.121. The van der Waals surface area contributed by atoms with Gasteiger partial charge in [0, 0.05) is 65.2 Å². The van der Waals surface area contributed by atoms with Crippen LogP contribution in [0.3, 0.4) is 0 Å². The maximum Gasteiger partial charge on any atom is 0.221 e. The summed E-state index contributed by atoms with van der Waals surface area (Å²) in [6.07, 6.45) is 51.6. The number of nitrogens with one attached hydrogen (secondary N) is 4. The van der Waals surface area contributed by atoms with Gasteiger partial charge in [0.1, 0.15) is 0 Å². The summed E-state index contributed by atoms with van der Waals surface area (Å²) >= 11 is 0. The van der Waals surface area contributed by atoms with Gasteiger partial charge in [0.2, 0.25) is 11.8 Å². The maximum atomic E-state index is 12.5. The lowest BCUT2D eigenvalue weighted by atomic mass is 10.1. The van der Waals surface area contributed by atoms with Crippen molar-refractivity contribution in [2.75, 3.05) is 78.5 Å². The normalized spacial score (nSPS) is 12.6. The second-order valence-corrected chi connectivity index (χ2v) is 22.2. The average molecular weight is 1020 g/mol. The van der Waals surface area contributed by atoms with E-state index >= 15 is 0 Å². The van der Waals surface area contributed by atoms with Gasteiger partial charge in [-0.15, -0.1) is 0 Å². The van der Waals surface area contributed by atoms with Crippen LogP contribution in [0.5, 0.6) is 0 Å². The van der Waals surface area contributed by atoms with E-state index in [9.17, 15) is 19.8 Å². The van der Waals surface area contributed by atoms with E-state index in [0.717, 1.165) is 65.0 Å². The molecule has 6 N–H and O–H groups in total. The molecule has 0 aromatic rings. The van der Waals surface area contributed by atoms with E-state index in [1.165, 1.54) is 231 Å². The van der Waals surface area contributed by atoms with Gasteiger partial charge in [-0.05, 0) is 64.7 Å². The van der Waals surface area contributed by atoms with Crippen LogP contribution in [0.15, 0.2) is 0 Å². The lowest BCUT2D eigenvalue weighted by Gasteiger charge is -2.27. The number of unbranched alkanes of at least 4 members (excludes halogenated alkanes) is 35. The first kappa shape index (κ1) is 70.7. The molecule has 72 heavy (non-hydrogen) atoms. The standard InChI is InChI=1S/C62H128N6O4/c1-5-9-13-17-21-25-27-28-30-34-38-42-52-68(58-60(70)56-64-50-46-62(72)66-48-40-36-32-24-20-16-12-8-4)54-44-43-53-67(51-41-37-33-29-26-22-18-14-10-6-2)57-59(69)55-63-49-45-61(71)65-47-39-35-31-23-19-15-11-7-3/h59-60,63-64,69-70H,5-58H2,1-4H3,(H,65,71)(H,66,72). The minimum Gasteiger partial charge on any atom is -0.390 e. The molecule has 2 unspecified atom stereocenters. The Balaban J connectivity index is 4.98. The fourth-order valence-corrected chi connectivity index (χ4v) is 10.1. The van der Waals surface area contributed by atoms with Crippen molar-refractivity contribution in [1.29, 1.82) is 0 Å². The third-order valence-corrected chi connectivity index (χ3v) is 14.8. The van der Waals surface area contributed by atoms with E-state index in [1.807, 2.05) is 0 Å². The summed E-state index contributed by atoms with van der Waals surface area (Å²) in [6, 6.07) is 0. The molecule has 0 aromatic heterocycles. The zero-order valence-corrected chi connectivity index (χ0v) is 48.9. The van der Waals surface area contributed by atoms with Gasteiger partial charge in [-0.3, -0.25) is 9.59 Å². The molecule has 0 spiro atoms. The van der Waals surface area contributed by atoms with Crippen LogP contribution in [0.4, 0.5) is 0 Å². The van der Waals surface area contributed by atoms with Crippen LogP contribution < -0.4 is 21.3 Å². The number of aliphatic hydroxyl groups is 2. The van der Waals surface area contributed by atoms with Crippen LogP contribution in [0.1, 0.15) is 297 Å². The molecule has 0 bridgehead atoms. The first-order valence-corrected chi connectivity index (χ1v) is 32.1. The molecule has 430 valence electrons. The highest BCUT2D eigenvalue weighted by Gasteiger charge is 2.15. The molecule has 2 atom stereocenters. The summed E-state index contributed by atoms with van der Waals surface area (Å²) < 4.78 is 0. The molecule has 0 aliphatic heterocycles. The van der Waals surface area contributed by atoms with E-state index in [2.05, 4.69) is 58.8 Å². The first-order valence-electron chi connectivity index (χ1n) is 32.1. The number of hydrogen-bond acceptors (Lipinski definition) is 8. The van der Waals surface area contributed by atoms with Crippen LogP contribution in [0.25, 0.3) is 0 Å². The summed E-state index contributed by atoms with van der Waals surface area (Å²) in [7, 11) is 0. The van der Waals surface area contributed by atoms with Crippen LogP contribution >= 0.6 is 0 Å². The molecule has 0 heterocycles. The van der Waals surface area contributed by atoms with E-state index < -0.39 is 12.2 Å². The highest BCUT2D eigenvalue weighted by atomic mass is 16.3. The zero-order valence-electron chi connectivity index (χ0n) is 48.9. The summed E-state index contributed by atoms with van der Waals surface area (Å²) in [5.74, 6) is 0.200. The monoisotopic (exact) mass is 1020 g/mol. The van der Waals surface area contributed by atoms with E-state index in [0.29, 0.717) is 52.1 Å². The minimum absolute atomic E-state index is 0.100. The van der Waals surface area contributed by atoms with E-state index in [1.54, 1.807) is 0 Å². The molecule has 0 aliphatic rings. The highest BCUT2D eigenvalue weighted by molar-refractivity contribution is 5.76. The van der Waals surface area contributed by atoms with Gasteiger partial charge in [0.25, 0.3) is 0 Å². The number of rotatable bonds is 61. The van der Waals surface area contributed by atoms with Crippen molar-refractivity contribution < 1.29 is 19.8 Å². The molecule has 0 radical (unpaired) electrons. The van der Waals surface area contributed by atoms with Crippen molar-refractivity contribution >= 4 is 11.8 Å². The summed E-state index contributed by atoms with van der Waals surface area (Å²) in [5, 5.41) is 35.3. The minimum atomic E-state index is -0.473. The number of nitrogens with zero attached hydrogens (tertiary/aromatic N) is 2. The Morgan fingerprint density at radius 1 is 0.319 bits per heavy atom. The van der Waals surface area contributed by atoms with Gasteiger partial charge in [-0.2, -0.15) is 0 Å². The smallest absolute Gasteiger partial charge is 0.221 e. The van der Waals surface area contributed by atoms with Gasteiger partial charge < -0.3 is 41.3 Å². The number of aliphatic hydroxyl groups excluding tert-OH is 2. The quantitative estimate of drug-likeness (QED) is 0.0332. The largest absolute Gasteiger partial charge is 0.390 e. The molecule has 0 saturated heterocycles. The van der Waals surface area contributed by atoms with Crippen molar-refractivity contribution in [2.45, 2.75) is 310 Å². The van der Waals surface area contributed by atoms with Gasteiger partial charge in [-0.25, -0.2) is 0 Å². The highest BCUT2D eigenvalue weighted by Crippen LogP contribution is 2.15. The van der Waals surface area contributed by atoms with Crippen molar-refractivity contribution in [1.82, 2.24) is 31.1 Å². The molecule has 0 saturated carbocycles. The predicted molar refractivity (Wildman–Crippen MR) is 313 cm³/mol. The zero-order chi connectivity index (χ0) is 52.5. The fraction of sp³-hybridized carbons (Fsp3) is 0.968. The summed E-state index contributed by atoms with van der Waals surface area (Å²) in [6.45, 7) is 18.1. The van der Waals surface area contributed by atoms with Gasteiger partial charge in [-0.1, -0.05) is 246 Å². The Kier molecular flexibility index (Phi) is 57.9. The topological polar surface area (TPSA) is 129 Å². The van der Waals surface area contributed by atoms with E-state index in [4.69, 9.17) is 0 Å². The number of amides is 2. The van der Waals surface area contributed by atoms with Gasteiger partial charge >= 0.3 is 0 Å². The third kappa shape index (κ3) is 54.9. The number of carbonyl (C=O) groups excluding carboxylic acids is 2. The van der Waals surface area contributed by atoms with Crippen LogP contribution in [0.2, 0.25) is 0 Å². The number of carbonyl (C=O) groups is 2. The summed E-state index contributed by atoms with van der Waals surface area (Å²) in [5.41, 5.74) is 0. The Labute approximate surface area is 449 Å². The molecule has 0 aromatic carbocycles. The molecule has 0 aliphatic carbocycles. The van der Waals surface area contributed by atoms with Crippen molar-refractivity contribution in [2.24, 2.45) is 0 Å². The predicted octanol–water partition coefficient (Wildman–Crippen LogP) is 14.2. The second kappa shape index (κ2) is 59.0. The maximum absolute atomic E-state index is 12.5. The Morgan fingerprint density at radius 3 is 0.806 bits per heavy atom. The van der Waals surface area contributed by atoms with Crippen molar-refractivity contribution in [3.05, 3.63) is 0 Å². The van der Waals surface area contributed by atoms with Crippen LogP contribution in [0, 0.1) is 0 Å². The summed E-state index contributed by atoms with van der Waals surface area (Å²) in [4.78, 5) is 29.9. The SMILES string of the molecule is CCCCCCCCCCCCCCN(CCCCN(CCCCCCCCCCCC)CC(O)CNCCC(=O)NCCCCCCCCCC)CC(O)CNCCC(=O)NCCCCCCCCCC. The van der Waals surface area contributed by atoms with E-state index in [-0.39, 0.29) is 11.8 Å². The van der Waals surface area contributed by atoms with Crippen molar-refractivity contribution in [3.63, 3.8) is 0 Å². The van der Waals surface area contributed by atoms with Crippen LogP contribution in [-0.4, -0.2) is 123 Å². The molecule has 2 amide bonds. The first-order chi connectivity index (χ1) is 35.4. The molecule has 10 nitrogen and oxygen atoms in total. The fourth-order valence-electron chi connectivity index (χ4n) is 10.1. The molecular formula is C62H128N6O4. The van der Waals surface area contributed by atoms with Gasteiger partial charge in [0.05, 0.1) is 12.2 Å². The second-order valence-electron chi connectivity index (χ2n) is 22.2. The third-order valence-electron chi connectivity index (χ3n) is 14.8. The Hall–Kier alpha value is -1.30. The Bertz CT molecular complexity index is 1090. The Morgan fingerprint density at radius 2 is 0.542 bits per heavy atom. The molecule has 0 rings (SSSR count). The molecular weight excluding hydrogens is 893 g/mol. The lowest BCUT2D eigenvalue weighted by Crippen LogP contribution is -2.41.